The van der Waals surface area contributed by atoms with E-state index in [1.54, 1.807) is 6.07 Å². The van der Waals surface area contributed by atoms with Crippen LogP contribution < -0.4 is 4.90 Å². The third-order valence-corrected chi connectivity index (χ3v) is 3.52. The summed E-state index contributed by atoms with van der Waals surface area (Å²) in [6, 6.07) is 5.21. The maximum atomic E-state index is 13.9. The summed E-state index contributed by atoms with van der Waals surface area (Å²) >= 11 is 0. The molecule has 0 aliphatic carbocycles. The van der Waals surface area contributed by atoms with Crippen molar-refractivity contribution in [3.63, 3.8) is 0 Å². The molecule has 0 spiro atoms. The van der Waals surface area contributed by atoms with E-state index in [9.17, 15) is 9.18 Å². The maximum absolute atomic E-state index is 13.9. The molecule has 1 aromatic rings. The number of carbonyl (C=O) groups is 1. The molecule has 0 radical (unpaired) electrons. The number of benzene rings is 1. The first-order valence-electron chi connectivity index (χ1n) is 6.45. The van der Waals surface area contributed by atoms with Crippen molar-refractivity contribution < 1.29 is 14.3 Å². The van der Waals surface area contributed by atoms with Gasteiger partial charge in [-0.15, -0.1) is 0 Å². The van der Waals surface area contributed by atoms with Gasteiger partial charge in [0.25, 0.3) is 0 Å². The molecule has 0 saturated carbocycles. The number of halogens is 1. The lowest BCUT2D eigenvalue weighted by atomic mass is 10.1. The van der Waals surface area contributed by atoms with Crippen LogP contribution in [0.1, 0.15) is 25.8 Å². The second kappa shape index (κ2) is 5.43. The number of nitrogens with zero attached hydrogens (tertiary/aromatic N) is 1. The average molecular weight is 263 g/mol. The molecule has 1 aliphatic heterocycles. The lowest BCUT2D eigenvalue weighted by Gasteiger charge is -2.26. The summed E-state index contributed by atoms with van der Waals surface area (Å²) in [5, 5.41) is 8.69. The molecule has 0 bridgehead atoms. The first-order chi connectivity index (χ1) is 8.99. The summed E-state index contributed by atoms with van der Waals surface area (Å²) in [6.07, 6.45) is 3.38. The van der Waals surface area contributed by atoms with Crippen molar-refractivity contribution in [1.29, 1.82) is 0 Å². The van der Waals surface area contributed by atoms with Gasteiger partial charge in [0.2, 0.25) is 0 Å². The van der Waals surface area contributed by atoms with Crippen LogP contribution in [-0.4, -0.2) is 23.7 Å². The van der Waals surface area contributed by atoms with Crippen LogP contribution in [-0.2, 0) is 4.79 Å². The molecule has 19 heavy (non-hydrogen) atoms. The molecule has 1 N–H and O–H groups in total. The maximum Gasteiger partial charge on any atom is 0.328 e. The van der Waals surface area contributed by atoms with E-state index in [1.807, 2.05) is 6.07 Å². The largest absolute Gasteiger partial charge is 0.478 e. The first kappa shape index (κ1) is 13.6. The highest BCUT2D eigenvalue weighted by Crippen LogP contribution is 2.32. The number of carboxylic acids is 1. The second-order valence-electron chi connectivity index (χ2n) is 5.19. The minimum absolute atomic E-state index is 0.341. The van der Waals surface area contributed by atoms with E-state index in [-0.39, 0.29) is 5.82 Å². The Morgan fingerprint density at radius 3 is 2.79 bits per heavy atom. The molecular formula is C15H18FNO2. The number of hydrogen-bond donors (Lipinski definition) is 1. The molecule has 0 amide bonds. The standard InChI is InChI=1S/C15H18FNO2/c1-10-8-11(2)17(9-10)14-5-3-4-13(16)12(14)6-7-15(18)19/h3-7,10-11H,8-9H2,1-2H3,(H,18,19)/b7-6+. The Kier molecular flexibility index (Phi) is 3.88. The van der Waals surface area contributed by atoms with Crippen LogP contribution in [0, 0.1) is 11.7 Å². The van der Waals surface area contributed by atoms with Gasteiger partial charge in [0.15, 0.2) is 0 Å². The molecule has 1 fully saturated rings. The summed E-state index contributed by atoms with van der Waals surface area (Å²) in [5.74, 6) is -0.895. The zero-order valence-corrected chi connectivity index (χ0v) is 11.1. The van der Waals surface area contributed by atoms with Crippen LogP contribution in [0.25, 0.3) is 6.08 Å². The normalized spacial score (nSPS) is 23.2. The molecule has 3 nitrogen and oxygen atoms in total. The summed E-state index contributed by atoms with van der Waals surface area (Å²) in [4.78, 5) is 12.8. The Labute approximate surface area is 112 Å². The Morgan fingerprint density at radius 1 is 1.47 bits per heavy atom. The molecule has 102 valence electrons. The van der Waals surface area contributed by atoms with Gasteiger partial charge in [0.05, 0.1) is 0 Å². The lowest BCUT2D eigenvalue weighted by Crippen LogP contribution is -2.27. The quantitative estimate of drug-likeness (QED) is 0.852. The van der Waals surface area contributed by atoms with Gasteiger partial charge in [-0.3, -0.25) is 0 Å². The van der Waals surface area contributed by atoms with Crippen molar-refractivity contribution in [2.45, 2.75) is 26.3 Å². The fourth-order valence-electron chi connectivity index (χ4n) is 2.73. The predicted molar refractivity (Wildman–Crippen MR) is 73.7 cm³/mol. The van der Waals surface area contributed by atoms with E-state index in [4.69, 9.17) is 5.11 Å². The van der Waals surface area contributed by atoms with Crippen molar-refractivity contribution in [3.8, 4) is 0 Å². The fourth-order valence-corrected chi connectivity index (χ4v) is 2.73. The highest BCUT2D eigenvalue weighted by molar-refractivity contribution is 5.87. The van der Waals surface area contributed by atoms with Gasteiger partial charge in [-0.05, 0) is 37.5 Å². The highest BCUT2D eigenvalue weighted by Gasteiger charge is 2.27. The number of aliphatic carboxylic acids is 1. The molecule has 2 rings (SSSR count). The SMILES string of the molecule is CC1CC(C)N(c2cccc(F)c2/C=C/C(=O)O)C1. The van der Waals surface area contributed by atoms with Crippen LogP contribution >= 0.6 is 0 Å². The van der Waals surface area contributed by atoms with Gasteiger partial charge in [-0.25, -0.2) is 9.18 Å². The average Bonchev–Trinajstić information content (AvgIpc) is 2.66. The van der Waals surface area contributed by atoms with Crippen molar-refractivity contribution in [1.82, 2.24) is 0 Å². The van der Waals surface area contributed by atoms with Crippen molar-refractivity contribution in [3.05, 3.63) is 35.7 Å². The van der Waals surface area contributed by atoms with E-state index in [0.29, 0.717) is 17.5 Å². The van der Waals surface area contributed by atoms with E-state index >= 15 is 0 Å². The number of anilines is 1. The van der Waals surface area contributed by atoms with Gasteiger partial charge >= 0.3 is 5.97 Å². The third-order valence-electron chi connectivity index (χ3n) is 3.52. The van der Waals surface area contributed by atoms with Crippen LogP contribution in [0.3, 0.4) is 0 Å². The number of hydrogen-bond acceptors (Lipinski definition) is 2. The third kappa shape index (κ3) is 2.95. The molecule has 1 aliphatic rings. The highest BCUT2D eigenvalue weighted by atomic mass is 19.1. The van der Waals surface area contributed by atoms with Gasteiger partial charge in [0, 0.05) is 29.9 Å². The topological polar surface area (TPSA) is 40.5 Å². The zero-order chi connectivity index (χ0) is 14.0. The van der Waals surface area contributed by atoms with Gasteiger partial charge in [-0.1, -0.05) is 13.0 Å². The number of rotatable bonds is 3. The van der Waals surface area contributed by atoms with Gasteiger partial charge < -0.3 is 10.0 Å². The van der Waals surface area contributed by atoms with Crippen molar-refractivity contribution in [2.24, 2.45) is 5.92 Å². The summed E-state index contributed by atoms with van der Waals surface area (Å²) in [7, 11) is 0. The van der Waals surface area contributed by atoms with Gasteiger partial charge in [0.1, 0.15) is 5.82 Å². The smallest absolute Gasteiger partial charge is 0.328 e. The van der Waals surface area contributed by atoms with Crippen LogP contribution in [0.4, 0.5) is 10.1 Å². The minimum atomic E-state index is -1.07. The lowest BCUT2D eigenvalue weighted by molar-refractivity contribution is -0.131. The van der Waals surface area contributed by atoms with Gasteiger partial charge in [-0.2, -0.15) is 0 Å². The van der Waals surface area contributed by atoms with Crippen LogP contribution in [0.5, 0.6) is 0 Å². The molecule has 0 aromatic heterocycles. The summed E-state index contributed by atoms with van der Waals surface area (Å²) in [5.41, 5.74) is 1.13. The molecule has 1 heterocycles. The van der Waals surface area contributed by atoms with E-state index in [1.165, 1.54) is 12.1 Å². The zero-order valence-electron chi connectivity index (χ0n) is 11.1. The summed E-state index contributed by atoms with van der Waals surface area (Å²) < 4.78 is 13.9. The minimum Gasteiger partial charge on any atom is -0.478 e. The second-order valence-corrected chi connectivity index (χ2v) is 5.19. The van der Waals surface area contributed by atoms with Crippen LogP contribution in [0.15, 0.2) is 24.3 Å². The molecule has 2 atom stereocenters. The van der Waals surface area contributed by atoms with E-state index in [2.05, 4.69) is 18.7 Å². The summed E-state index contributed by atoms with van der Waals surface area (Å²) in [6.45, 7) is 5.15. The molecular weight excluding hydrogens is 245 g/mol. The molecule has 4 heteroatoms. The Hall–Kier alpha value is -1.84. The molecule has 1 saturated heterocycles. The van der Waals surface area contributed by atoms with Crippen molar-refractivity contribution >= 4 is 17.7 Å². The Balaban J connectivity index is 2.40. The van der Waals surface area contributed by atoms with E-state index in [0.717, 1.165) is 24.7 Å². The first-order valence-corrected chi connectivity index (χ1v) is 6.45. The van der Waals surface area contributed by atoms with Crippen LogP contribution in [0.2, 0.25) is 0 Å². The monoisotopic (exact) mass is 263 g/mol. The number of carboxylic acid groups (broad SMARTS) is 1. The van der Waals surface area contributed by atoms with E-state index < -0.39 is 5.97 Å². The van der Waals surface area contributed by atoms with Crippen molar-refractivity contribution in [2.75, 3.05) is 11.4 Å². The Morgan fingerprint density at radius 2 is 2.21 bits per heavy atom. The Bertz CT molecular complexity index is 513. The fraction of sp³-hybridized carbons (Fsp3) is 0.400. The predicted octanol–water partition coefficient (Wildman–Crippen LogP) is 3.16. The molecule has 2 unspecified atom stereocenters. The molecule has 1 aromatic carbocycles.